The van der Waals surface area contributed by atoms with Gasteiger partial charge in [-0.15, -0.1) is 0 Å². The van der Waals surface area contributed by atoms with Gasteiger partial charge in [-0.05, 0) is 45.2 Å². The maximum Gasteiger partial charge on any atom is 0.417 e. The molecule has 0 aromatic rings. The molecule has 0 radical (unpaired) electrons. The SMILES string of the molecule is CNCC1CCC(O)(C(F)(F)F)CC1. The van der Waals surface area contributed by atoms with Crippen LogP contribution >= 0.6 is 0 Å². The third kappa shape index (κ3) is 2.39. The van der Waals surface area contributed by atoms with E-state index in [0.29, 0.717) is 12.8 Å². The van der Waals surface area contributed by atoms with Crippen molar-refractivity contribution in [2.45, 2.75) is 37.5 Å². The van der Waals surface area contributed by atoms with Crippen LogP contribution in [0, 0.1) is 5.92 Å². The third-order valence-corrected chi connectivity index (χ3v) is 2.95. The van der Waals surface area contributed by atoms with Crippen LogP contribution in [0.3, 0.4) is 0 Å². The van der Waals surface area contributed by atoms with Crippen LogP contribution < -0.4 is 5.32 Å². The lowest BCUT2D eigenvalue weighted by atomic mass is 9.78. The van der Waals surface area contributed by atoms with Gasteiger partial charge in [-0.3, -0.25) is 0 Å². The van der Waals surface area contributed by atoms with Crippen LogP contribution in [0.1, 0.15) is 25.7 Å². The Morgan fingerprint density at radius 1 is 1.36 bits per heavy atom. The second-order valence-electron chi connectivity index (χ2n) is 4.03. The molecule has 1 rings (SSSR count). The lowest BCUT2D eigenvalue weighted by Gasteiger charge is -2.37. The predicted molar refractivity (Wildman–Crippen MR) is 46.9 cm³/mol. The highest BCUT2D eigenvalue weighted by Gasteiger charge is 2.54. The Kier molecular flexibility index (Phi) is 3.42. The molecule has 1 fully saturated rings. The number of aliphatic hydroxyl groups is 1. The first-order valence-corrected chi connectivity index (χ1v) is 4.83. The minimum absolute atomic E-state index is 0.164. The Hall–Kier alpha value is -0.290. The van der Waals surface area contributed by atoms with Gasteiger partial charge in [-0.1, -0.05) is 0 Å². The Labute approximate surface area is 81.5 Å². The second-order valence-corrected chi connectivity index (χ2v) is 4.03. The molecule has 1 saturated carbocycles. The first kappa shape index (κ1) is 11.8. The zero-order chi connectivity index (χ0) is 10.8. The second kappa shape index (κ2) is 4.06. The van der Waals surface area contributed by atoms with E-state index >= 15 is 0 Å². The van der Waals surface area contributed by atoms with E-state index in [-0.39, 0.29) is 18.8 Å². The molecule has 0 saturated heterocycles. The van der Waals surface area contributed by atoms with Gasteiger partial charge in [-0.25, -0.2) is 0 Å². The summed E-state index contributed by atoms with van der Waals surface area (Å²) in [5.41, 5.74) is -2.43. The molecule has 84 valence electrons. The summed E-state index contributed by atoms with van der Waals surface area (Å²) in [6.45, 7) is 0.730. The van der Waals surface area contributed by atoms with Crippen molar-refractivity contribution in [1.29, 1.82) is 0 Å². The number of nitrogens with one attached hydrogen (secondary N) is 1. The van der Waals surface area contributed by atoms with Gasteiger partial charge < -0.3 is 10.4 Å². The van der Waals surface area contributed by atoms with Crippen LogP contribution in [0.4, 0.5) is 13.2 Å². The van der Waals surface area contributed by atoms with Crippen LogP contribution in [0.15, 0.2) is 0 Å². The topological polar surface area (TPSA) is 32.3 Å². The standard InChI is InChI=1S/C9H16F3NO/c1-13-6-7-2-4-8(14,5-3-7)9(10,11)12/h7,13-14H,2-6H2,1H3. The van der Waals surface area contributed by atoms with Crippen LogP contribution in [0.2, 0.25) is 0 Å². The first-order valence-electron chi connectivity index (χ1n) is 4.83. The zero-order valence-corrected chi connectivity index (χ0v) is 8.19. The van der Waals surface area contributed by atoms with Gasteiger partial charge >= 0.3 is 6.18 Å². The third-order valence-electron chi connectivity index (χ3n) is 2.95. The van der Waals surface area contributed by atoms with Gasteiger partial charge in [0.15, 0.2) is 5.60 Å². The molecular formula is C9H16F3NO. The molecular weight excluding hydrogens is 195 g/mol. The number of rotatable bonds is 2. The summed E-state index contributed by atoms with van der Waals surface area (Å²) in [5.74, 6) is 0.266. The minimum Gasteiger partial charge on any atom is -0.380 e. The minimum atomic E-state index is -4.47. The van der Waals surface area contributed by atoms with E-state index in [1.54, 1.807) is 7.05 Å². The van der Waals surface area contributed by atoms with Crippen molar-refractivity contribution < 1.29 is 18.3 Å². The largest absolute Gasteiger partial charge is 0.417 e. The van der Waals surface area contributed by atoms with E-state index in [9.17, 15) is 18.3 Å². The van der Waals surface area contributed by atoms with Crippen LogP contribution in [-0.4, -0.2) is 30.5 Å². The maximum absolute atomic E-state index is 12.4. The lowest BCUT2D eigenvalue weighted by Crippen LogP contribution is -2.48. The Bertz CT molecular complexity index is 185. The van der Waals surface area contributed by atoms with Crippen molar-refractivity contribution in [3.05, 3.63) is 0 Å². The van der Waals surface area contributed by atoms with Crippen molar-refractivity contribution in [2.24, 2.45) is 5.92 Å². The summed E-state index contributed by atoms with van der Waals surface area (Å²) < 4.78 is 37.1. The molecule has 0 unspecified atom stereocenters. The molecule has 0 amide bonds. The molecule has 0 heterocycles. The molecule has 0 aromatic heterocycles. The monoisotopic (exact) mass is 211 g/mol. The normalized spacial score (nSPS) is 34.5. The van der Waals surface area contributed by atoms with Crippen molar-refractivity contribution in [3.63, 3.8) is 0 Å². The molecule has 5 heteroatoms. The summed E-state index contributed by atoms with van der Waals surface area (Å²) in [5, 5.41) is 12.3. The molecule has 0 spiro atoms. The summed E-state index contributed by atoms with van der Waals surface area (Å²) in [4.78, 5) is 0. The van der Waals surface area contributed by atoms with Gasteiger partial charge in [-0.2, -0.15) is 13.2 Å². The number of halogens is 3. The maximum atomic E-state index is 12.4. The molecule has 2 N–H and O–H groups in total. The van der Waals surface area contributed by atoms with Crippen LogP contribution in [0.25, 0.3) is 0 Å². The average molecular weight is 211 g/mol. The van der Waals surface area contributed by atoms with E-state index in [2.05, 4.69) is 5.32 Å². The smallest absolute Gasteiger partial charge is 0.380 e. The van der Waals surface area contributed by atoms with Crippen molar-refractivity contribution in [3.8, 4) is 0 Å². The molecule has 0 aliphatic heterocycles. The molecule has 0 aromatic carbocycles. The first-order chi connectivity index (χ1) is 6.39. The van der Waals surface area contributed by atoms with E-state index in [4.69, 9.17) is 0 Å². The quantitative estimate of drug-likeness (QED) is 0.728. The lowest BCUT2D eigenvalue weighted by molar-refractivity contribution is -0.271. The Morgan fingerprint density at radius 2 is 1.86 bits per heavy atom. The number of hydrogen-bond acceptors (Lipinski definition) is 2. The molecule has 1 aliphatic rings. The molecule has 1 aliphatic carbocycles. The molecule has 0 bridgehead atoms. The average Bonchev–Trinajstić information content (AvgIpc) is 2.08. The van der Waals surface area contributed by atoms with Crippen molar-refractivity contribution >= 4 is 0 Å². The van der Waals surface area contributed by atoms with E-state index in [0.717, 1.165) is 6.54 Å². The molecule has 2 nitrogen and oxygen atoms in total. The predicted octanol–water partition coefficient (Wildman–Crippen LogP) is 1.69. The Morgan fingerprint density at radius 3 is 2.21 bits per heavy atom. The fraction of sp³-hybridized carbons (Fsp3) is 1.00. The van der Waals surface area contributed by atoms with Crippen molar-refractivity contribution in [2.75, 3.05) is 13.6 Å². The fourth-order valence-electron chi connectivity index (χ4n) is 1.93. The van der Waals surface area contributed by atoms with Gasteiger partial charge in [0.1, 0.15) is 0 Å². The van der Waals surface area contributed by atoms with E-state index < -0.39 is 11.8 Å². The Balaban J connectivity index is 2.49. The summed E-state index contributed by atoms with van der Waals surface area (Å²) in [6.07, 6.45) is -3.92. The van der Waals surface area contributed by atoms with Crippen molar-refractivity contribution in [1.82, 2.24) is 5.32 Å². The number of hydrogen-bond donors (Lipinski definition) is 2. The fourth-order valence-corrected chi connectivity index (χ4v) is 1.93. The summed E-state index contributed by atoms with van der Waals surface area (Å²) >= 11 is 0. The van der Waals surface area contributed by atoms with Crippen LogP contribution in [-0.2, 0) is 0 Å². The van der Waals surface area contributed by atoms with Gasteiger partial charge in [0.05, 0.1) is 0 Å². The van der Waals surface area contributed by atoms with Crippen LogP contribution in [0.5, 0.6) is 0 Å². The van der Waals surface area contributed by atoms with Gasteiger partial charge in [0, 0.05) is 0 Å². The van der Waals surface area contributed by atoms with Gasteiger partial charge in [0.25, 0.3) is 0 Å². The summed E-state index contributed by atoms with van der Waals surface area (Å²) in [7, 11) is 1.78. The zero-order valence-electron chi connectivity index (χ0n) is 8.19. The summed E-state index contributed by atoms with van der Waals surface area (Å²) in [6, 6.07) is 0. The van der Waals surface area contributed by atoms with Gasteiger partial charge in [0.2, 0.25) is 0 Å². The molecule has 14 heavy (non-hydrogen) atoms. The van der Waals surface area contributed by atoms with E-state index in [1.165, 1.54) is 0 Å². The molecule has 0 atom stereocenters. The number of alkyl halides is 3. The highest BCUT2D eigenvalue weighted by atomic mass is 19.4. The highest BCUT2D eigenvalue weighted by Crippen LogP contribution is 2.42. The van der Waals surface area contributed by atoms with E-state index in [1.807, 2.05) is 0 Å². The highest BCUT2D eigenvalue weighted by molar-refractivity contribution is 4.91.